The van der Waals surface area contributed by atoms with E-state index in [9.17, 15) is 4.79 Å². The van der Waals surface area contributed by atoms with Crippen LogP contribution < -0.4 is 5.73 Å². The van der Waals surface area contributed by atoms with Crippen molar-refractivity contribution in [2.75, 3.05) is 13.1 Å². The van der Waals surface area contributed by atoms with Crippen LogP contribution in [0.2, 0.25) is 0 Å². The normalized spacial score (nSPS) is 18.8. The van der Waals surface area contributed by atoms with Crippen LogP contribution in [-0.4, -0.2) is 39.5 Å². The van der Waals surface area contributed by atoms with Crippen LogP contribution in [0, 0.1) is 0 Å². The Balaban J connectivity index is 2.02. The molecule has 0 radical (unpaired) electrons. The van der Waals surface area contributed by atoms with Gasteiger partial charge in [0.25, 0.3) is 0 Å². The van der Waals surface area contributed by atoms with Crippen molar-refractivity contribution in [3.8, 4) is 0 Å². The van der Waals surface area contributed by atoms with Gasteiger partial charge in [0.15, 0.2) is 0 Å². The van der Waals surface area contributed by atoms with Crippen LogP contribution >= 0.6 is 0 Å². The SMILES string of the molecule is CC(C)(C)OC(=O)N1CCC(N)(c2cnn(C(C)(C)C)c2)CC1. The van der Waals surface area contributed by atoms with Crippen LogP contribution in [0.5, 0.6) is 0 Å². The molecule has 23 heavy (non-hydrogen) atoms. The van der Waals surface area contributed by atoms with Gasteiger partial charge in [-0.3, -0.25) is 4.68 Å². The van der Waals surface area contributed by atoms with Crippen molar-refractivity contribution in [3.63, 3.8) is 0 Å². The first kappa shape index (κ1) is 17.8. The lowest BCUT2D eigenvalue weighted by atomic mass is 9.83. The standard InChI is InChI=1S/C17H30N4O2/c1-15(2,3)21-12-13(11-19-21)17(18)7-9-20(10-8-17)14(22)23-16(4,5)6/h11-12H,7-10,18H2,1-6H3. The minimum absolute atomic E-state index is 0.0637. The van der Waals surface area contributed by atoms with Gasteiger partial charge in [0.05, 0.1) is 11.7 Å². The Bertz CT molecular complexity index is 558. The third-order valence-corrected chi connectivity index (χ3v) is 4.15. The molecule has 1 amide bonds. The summed E-state index contributed by atoms with van der Waals surface area (Å²) in [6.45, 7) is 13.2. The first-order valence-electron chi connectivity index (χ1n) is 8.23. The van der Waals surface area contributed by atoms with Gasteiger partial charge in [0, 0.05) is 30.4 Å². The number of rotatable bonds is 1. The van der Waals surface area contributed by atoms with E-state index in [4.69, 9.17) is 10.5 Å². The fraction of sp³-hybridized carbons (Fsp3) is 0.765. The Morgan fingerprint density at radius 3 is 2.22 bits per heavy atom. The molecule has 0 unspecified atom stereocenters. The molecular weight excluding hydrogens is 292 g/mol. The number of hydrogen-bond acceptors (Lipinski definition) is 4. The van der Waals surface area contributed by atoms with Gasteiger partial charge in [-0.15, -0.1) is 0 Å². The Morgan fingerprint density at radius 1 is 1.22 bits per heavy atom. The molecule has 130 valence electrons. The number of aromatic nitrogens is 2. The molecule has 1 fully saturated rings. The fourth-order valence-electron chi connectivity index (χ4n) is 2.65. The molecule has 1 aromatic heterocycles. The number of nitrogens with zero attached hydrogens (tertiary/aromatic N) is 3. The maximum absolute atomic E-state index is 12.1. The predicted molar refractivity (Wildman–Crippen MR) is 90.1 cm³/mol. The highest BCUT2D eigenvalue weighted by molar-refractivity contribution is 5.68. The molecule has 0 aromatic carbocycles. The molecule has 0 aliphatic carbocycles. The lowest BCUT2D eigenvalue weighted by Gasteiger charge is -2.39. The van der Waals surface area contributed by atoms with E-state index in [1.807, 2.05) is 37.8 Å². The van der Waals surface area contributed by atoms with E-state index in [0.717, 1.165) is 5.56 Å². The highest BCUT2D eigenvalue weighted by Gasteiger charge is 2.36. The Kier molecular flexibility index (Phi) is 4.50. The van der Waals surface area contributed by atoms with Gasteiger partial charge in [0.2, 0.25) is 0 Å². The quantitative estimate of drug-likeness (QED) is 0.863. The average molecular weight is 322 g/mol. The molecule has 2 heterocycles. The summed E-state index contributed by atoms with van der Waals surface area (Å²) in [5, 5.41) is 4.44. The zero-order valence-corrected chi connectivity index (χ0v) is 15.2. The first-order valence-corrected chi connectivity index (χ1v) is 8.23. The lowest BCUT2D eigenvalue weighted by Crippen LogP contribution is -2.50. The van der Waals surface area contributed by atoms with Crippen LogP contribution in [0.25, 0.3) is 0 Å². The molecule has 0 bridgehead atoms. The minimum atomic E-state index is -0.470. The molecule has 2 N–H and O–H groups in total. The van der Waals surface area contributed by atoms with Gasteiger partial charge in [-0.1, -0.05) is 0 Å². The number of nitrogens with two attached hydrogens (primary N) is 1. The van der Waals surface area contributed by atoms with Crippen molar-refractivity contribution >= 4 is 6.09 Å². The summed E-state index contributed by atoms with van der Waals surface area (Å²) in [5.74, 6) is 0. The van der Waals surface area contributed by atoms with Gasteiger partial charge < -0.3 is 15.4 Å². The molecule has 0 saturated carbocycles. The second kappa shape index (κ2) is 5.82. The predicted octanol–water partition coefficient (Wildman–Crippen LogP) is 2.82. The molecule has 6 heteroatoms. The van der Waals surface area contributed by atoms with Crippen LogP contribution in [0.1, 0.15) is 59.9 Å². The molecule has 6 nitrogen and oxygen atoms in total. The second-order valence-electron chi connectivity index (χ2n) is 8.47. The maximum atomic E-state index is 12.1. The van der Waals surface area contributed by atoms with Crippen LogP contribution in [0.3, 0.4) is 0 Å². The Morgan fingerprint density at radius 2 is 1.78 bits per heavy atom. The zero-order valence-electron chi connectivity index (χ0n) is 15.2. The van der Waals surface area contributed by atoms with Crippen molar-refractivity contribution in [2.45, 2.75) is 71.1 Å². The number of hydrogen-bond donors (Lipinski definition) is 1. The van der Waals surface area contributed by atoms with E-state index in [1.165, 1.54) is 0 Å². The van der Waals surface area contributed by atoms with Crippen molar-refractivity contribution in [3.05, 3.63) is 18.0 Å². The molecule has 1 aromatic rings. The number of ether oxygens (including phenoxy) is 1. The monoisotopic (exact) mass is 322 g/mol. The Labute approximate surface area is 139 Å². The topological polar surface area (TPSA) is 73.4 Å². The molecule has 1 saturated heterocycles. The lowest BCUT2D eigenvalue weighted by molar-refractivity contribution is 0.0166. The summed E-state index contributed by atoms with van der Waals surface area (Å²) in [4.78, 5) is 13.9. The van der Waals surface area contributed by atoms with Crippen LogP contribution in [0.15, 0.2) is 12.4 Å². The van der Waals surface area contributed by atoms with E-state index in [1.54, 1.807) is 4.90 Å². The van der Waals surface area contributed by atoms with Crippen molar-refractivity contribution in [2.24, 2.45) is 5.73 Å². The average Bonchev–Trinajstić information content (AvgIpc) is 2.87. The maximum Gasteiger partial charge on any atom is 0.410 e. The largest absolute Gasteiger partial charge is 0.444 e. The van der Waals surface area contributed by atoms with E-state index in [2.05, 4.69) is 25.9 Å². The second-order valence-corrected chi connectivity index (χ2v) is 8.47. The summed E-state index contributed by atoms with van der Waals surface area (Å²) >= 11 is 0. The van der Waals surface area contributed by atoms with Crippen molar-refractivity contribution in [1.29, 1.82) is 0 Å². The van der Waals surface area contributed by atoms with Gasteiger partial charge in [-0.25, -0.2) is 4.79 Å². The van der Waals surface area contributed by atoms with Crippen LogP contribution in [0.4, 0.5) is 4.79 Å². The zero-order chi connectivity index (χ0) is 17.5. The van der Waals surface area contributed by atoms with E-state index in [-0.39, 0.29) is 11.6 Å². The number of carbonyl (C=O) groups excluding carboxylic acids is 1. The summed E-state index contributed by atoms with van der Waals surface area (Å²) in [6, 6.07) is 0. The third kappa shape index (κ3) is 4.25. The van der Waals surface area contributed by atoms with Gasteiger partial charge >= 0.3 is 6.09 Å². The van der Waals surface area contributed by atoms with Crippen LogP contribution in [-0.2, 0) is 15.8 Å². The minimum Gasteiger partial charge on any atom is -0.444 e. The molecule has 2 rings (SSSR count). The van der Waals surface area contributed by atoms with E-state index < -0.39 is 11.1 Å². The molecule has 0 spiro atoms. The smallest absolute Gasteiger partial charge is 0.410 e. The van der Waals surface area contributed by atoms with E-state index >= 15 is 0 Å². The fourth-order valence-corrected chi connectivity index (χ4v) is 2.65. The van der Waals surface area contributed by atoms with Gasteiger partial charge in [-0.05, 0) is 54.4 Å². The first-order chi connectivity index (χ1) is 10.4. The number of amides is 1. The van der Waals surface area contributed by atoms with E-state index in [0.29, 0.717) is 25.9 Å². The van der Waals surface area contributed by atoms with Gasteiger partial charge in [0.1, 0.15) is 5.60 Å². The summed E-state index contributed by atoms with van der Waals surface area (Å²) < 4.78 is 7.37. The third-order valence-electron chi connectivity index (χ3n) is 4.15. The molecule has 0 atom stereocenters. The number of piperidine rings is 1. The summed E-state index contributed by atoms with van der Waals surface area (Å²) in [7, 11) is 0. The van der Waals surface area contributed by atoms with Crippen molar-refractivity contribution in [1.82, 2.24) is 14.7 Å². The number of carbonyl (C=O) groups is 1. The number of likely N-dealkylation sites (tertiary alicyclic amines) is 1. The highest BCUT2D eigenvalue weighted by atomic mass is 16.6. The molecule has 1 aliphatic rings. The van der Waals surface area contributed by atoms with Gasteiger partial charge in [-0.2, -0.15) is 5.10 Å². The molecular formula is C17H30N4O2. The Hall–Kier alpha value is -1.56. The molecule has 1 aliphatic heterocycles. The highest BCUT2D eigenvalue weighted by Crippen LogP contribution is 2.31. The van der Waals surface area contributed by atoms with Crippen molar-refractivity contribution < 1.29 is 9.53 Å². The summed E-state index contributed by atoms with van der Waals surface area (Å²) in [5.41, 5.74) is 6.67. The summed E-state index contributed by atoms with van der Waals surface area (Å²) in [6.07, 6.45) is 5.05.